The van der Waals surface area contributed by atoms with Gasteiger partial charge in [-0.15, -0.1) is 5.06 Å². The Hall–Kier alpha value is -1.72. The number of ether oxygens (including phenoxy) is 1. The van der Waals surface area contributed by atoms with Gasteiger partial charge in [0.15, 0.2) is 0 Å². The Bertz CT molecular complexity index is 393. The monoisotopic (exact) mass is 235 g/mol. The van der Waals surface area contributed by atoms with Gasteiger partial charge in [-0.05, 0) is 12.1 Å². The van der Waals surface area contributed by atoms with Crippen LogP contribution < -0.4 is 0 Å². The van der Waals surface area contributed by atoms with Crippen molar-refractivity contribution in [2.75, 3.05) is 19.7 Å². The summed E-state index contributed by atoms with van der Waals surface area (Å²) < 4.78 is 5.14. The number of benzene rings is 1. The highest BCUT2D eigenvalue weighted by Crippen LogP contribution is 2.07. The molecule has 0 saturated carbocycles. The topological polar surface area (TPSA) is 55.8 Å². The highest BCUT2D eigenvalue weighted by atomic mass is 16.7. The summed E-state index contributed by atoms with van der Waals surface area (Å²) in [5.41, 5.74) is 0.488. The molecule has 1 aromatic rings. The zero-order valence-corrected chi connectivity index (χ0v) is 9.24. The van der Waals surface area contributed by atoms with E-state index in [2.05, 4.69) is 0 Å². The van der Waals surface area contributed by atoms with Gasteiger partial charge in [-0.2, -0.15) is 0 Å². The van der Waals surface area contributed by atoms with Gasteiger partial charge in [-0.25, -0.2) is 4.79 Å². The van der Waals surface area contributed by atoms with Crippen LogP contribution in [0.4, 0.5) is 0 Å². The molecule has 1 saturated heterocycles. The lowest BCUT2D eigenvalue weighted by atomic mass is 10.2. The van der Waals surface area contributed by atoms with E-state index in [0.29, 0.717) is 25.0 Å². The van der Waals surface area contributed by atoms with Gasteiger partial charge in [-0.3, -0.25) is 0 Å². The van der Waals surface area contributed by atoms with E-state index in [1.54, 1.807) is 24.3 Å². The van der Waals surface area contributed by atoms with Gasteiger partial charge in [0.05, 0.1) is 25.3 Å². The molecule has 0 N–H and O–H groups in total. The fourth-order valence-corrected chi connectivity index (χ4v) is 1.56. The summed E-state index contributed by atoms with van der Waals surface area (Å²) in [6.45, 7) is 1.14. The summed E-state index contributed by atoms with van der Waals surface area (Å²) in [6.07, 6.45) is 0.190. The second-order valence-corrected chi connectivity index (χ2v) is 3.68. The van der Waals surface area contributed by atoms with E-state index < -0.39 is 12.1 Å². The van der Waals surface area contributed by atoms with Crippen LogP contribution in [0.3, 0.4) is 0 Å². The highest BCUT2D eigenvalue weighted by molar-refractivity contribution is 5.89. The van der Waals surface area contributed by atoms with Crippen molar-refractivity contribution in [1.29, 1.82) is 0 Å². The van der Waals surface area contributed by atoms with Crippen molar-refractivity contribution in [2.45, 2.75) is 6.10 Å². The van der Waals surface area contributed by atoms with Crippen molar-refractivity contribution in [3.8, 4) is 0 Å². The fourth-order valence-electron chi connectivity index (χ4n) is 1.56. The molecule has 0 spiro atoms. The second kappa shape index (κ2) is 5.56. The summed E-state index contributed by atoms with van der Waals surface area (Å²) in [5, 5.41) is 1.46. The van der Waals surface area contributed by atoms with E-state index in [9.17, 15) is 9.59 Å². The van der Waals surface area contributed by atoms with E-state index in [1.807, 2.05) is 6.07 Å². The Labute approximate surface area is 98.9 Å². The van der Waals surface area contributed by atoms with Crippen LogP contribution in [0.1, 0.15) is 10.4 Å². The number of aldehydes is 1. The lowest BCUT2D eigenvalue weighted by Crippen LogP contribution is -2.44. The third-order valence-corrected chi connectivity index (χ3v) is 2.43. The SMILES string of the molecule is O=C[C@@H]1CN(OC(=O)c2ccccc2)CCO1. The first-order chi connectivity index (χ1) is 8.29. The van der Waals surface area contributed by atoms with Gasteiger partial charge in [0, 0.05) is 0 Å². The summed E-state index contributed by atoms with van der Waals surface area (Å²) in [5.74, 6) is -0.419. The number of nitrogens with zero attached hydrogens (tertiary/aromatic N) is 1. The molecule has 90 valence electrons. The van der Waals surface area contributed by atoms with Crippen LogP contribution >= 0.6 is 0 Å². The van der Waals surface area contributed by atoms with E-state index in [4.69, 9.17) is 9.57 Å². The largest absolute Gasteiger partial charge is 0.368 e. The maximum atomic E-state index is 11.7. The van der Waals surface area contributed by atoms with Crippen LogP contribution in [-0.2, 0) is 14.4 Å². The minimum absolute atomic E-state index is 0.280. The number of morpholine rings is 1. The van der Waals surface area contributed by atoms with Gasteiger partial charge >= 0.3 is 5.97 Å². The summed E-state index contributed by atoms with van der Waals surface area (Å²) in [6, 6.07) is 8.72. The van der Waals surface area contributed by atoms with Gasteiger partial charge in [0.25, 0.3) is 0 Å². The quantitative estimate of drug-likeness (QED) is 0.720. The first-order valence-corrected chi connectivity index (χ1v) is 5.39. The summed E-state index contributed by atoms with van der Waals surface area (Å²) in [7, 11) is 0. The Kier molecular flexibility index (Phi) is 3.85. The average molecular weight is 235 g/mol. The van der Waals surface area contributed by atoms with Crippen molar-refractivity contribution in [3.63, 3.8) is 0 Å². The molecule has 0 unspecified atom stereocenters. The number of rotatable bonds is 3. The van der Waals surface area contributed by atoms with Crippen LogP contribution in [0, 0.1) is 0 Å². The molecule has 1 aromatic carbocycles. The Morgan fingerprint density at radius 1 is 1.41 bits per heavy atom. The lowest BCUT2D eigenvalue weighted by molar-refractivity contribution is -0.173. The Morgan fingerprint density at radius 2 is 2.18 bits per heavy atom. The zero-order valence-electron chi connectivity index (χ0n) is 9.24. The van der Waals surface area contributed by atoms with Crippen molar-refractivity contribution >= 4 is 12.3 Å². The van der Waals surface area contributed by atoms with Crippen LogP contribution in [-0.4, -0.2) is 43.1 Å². The molecule has 1 heterocycles. The first kappa shape index (κ1) is 11.8. The predicted octanol–water partition coefficient (Wildman–Crippen LogP) is 0.658. The van der Waals surface area contributed by atoms with E-state index in [-0.39, 0.29) is 6.54 Å². The number of carbonyl (C=O) groups is 2. The standard InChI is InChI=1S/C12H13NO4/c14-9-11-8-13(6-7-16-11)17-12(15)10-4-2-1-3-5-10/h1-5,9,11H,6-8H2/t11-/m0/s1. The van der Waals surface area contributed by atoms with Crippen LogP contribution in [0.25, 0.3) is 0 Å². The molecule has 0 amide bonds. The first-order valence-electron chi connectivity index (χ1n) is 5.39. The maximum Gasteiger partial charge on any atom is 0.357 e. The highest BCUT2D eigenvalue weighted by Gasteiger charge is 2.23. The smallest absolute Gasteiger partial charge is 0.357 e. The molecule has 1 atom stereocenters. The van der Waals surface area contributed by atoms with Crippen LogP contribution in [0.5, 0.6) is 0 Å². The molecule has 0 aliphatic carbocycles. The number of hydrogen-bond donors (Lipinski definition) is 0. The molecule has 1 fully saturated rings. The Morgan fingerprint density at radius 3 is 2.88 bits per heavy atom. The van der Waals surface area contributed by atoms with Gasteiger partial charge in [0.2, 0.25) is 0 Å². The van der Waals surface area contributed by atoms with Gasteiger partial charge in [0.1, 0.15) is 12.4 Å². The summed E-state index contributed by atoms with van der Waals surface area (Å²) in [4.78, 5) is 27.4. The molecule has 1 aliphatic heterocycles. The Balaban J connectivity index is 1.92. The van der Waals surface area contributed by atoms with E-state index in [0.717, 1.165) is 0 Å². The van der Waals surface area contributed by atoms with Crippen LogP contribution in [0.15, 0.2) is 30.3 Å². The fraction of sp³-hybridized carbons (Fsp3) is 0.333. The third kappa shape index (κ3) is 3.12. The maximum absolute atomic E-state index is 11.7. The summed E-state index contributed by atoms with van der Waals surface area (Å²) >= 11 is 0. The van der Waals surface area contributed by atoms with Crippen molar-refractivity contribution < 1.29 is 19.2 Å². The molecule has 0 aromatic heterocycles. The third-order valence-electron chi connectivity index (χ3n) is 2.43. The van der Waals surface area contributed by atoms with Gasteiger partial charge < -0.3 is 14.4 Å². The zero-order chi connectivity index (χ0) is 12.1. The van der Waals surface area contributed by atoms with Crippen molar-refractivity contribution in [2.24, 2.45) is 0 Å². The molecule has 0 radical (unpaired) electrons. The molecule has 17 heavy (non-hydrogen) atoms. The second-order valence-electron chi connectivity index (χ2n) is 3.68. The lowest BCUT2D eigenvalue weighted by Gasteiger charge is -2.28. The minimum Gasteiger partial charge on any atom is -0.368 e. The molecular formula is C12H13NO4. The normalized spacial score (nSPS) is 20.8. The molecule has 1 aliphatic rings. The van der Waals surface area contributed by atoms with Crippen molar-refractivity contribution in [1.82, 2.24) is 5.06 Å². The average Bonchev–Trinajstić information content (AvgIpc) is 2.40. The molecule has 5 heteroatoms. The van der Waals surface area contributed by atoms with Crippen LogP contribution in [0.2, 0.25) is 0 Å². The molecule has 2 rings (SSSR count). The number of carbonyl (C=O) groups excluding carboxylic acids is 2. The minimum atomic E-state index is -0.521. The number of hydroxylamine groups is 2. The predicted molar refractivity (Wildman–Crippen MR) is 59.2 cm³/mol. The van der Waals surface area contributed by atoms with E-state index in [1.165, 1.54) is 5.06 Å². The van der Waals surface area contributed by atoms with E-state index >= 15 is 0 Å². The molecule has 5 nitrogen and oxygen atoms in total. The number of hydrogen-bond acceptors (Lipinski definition) is 5. The van der Waals surface area contributed by atoms with Crippen molar-refractivity contribution in [3.05, 3.63) is 35.9 Å². The molecule has 0 bridgehead atoms. The van der Waals surface area contributed by atoms with Gasteiger partial charge in [-0.1, -0.05) is 18.2 Å². The molecular weight excluding hydrogens is 222 g/mol.